The van der Waals surface area contributed by atoms with Crippen LogP contribution >= 0.6 is 0 Å². The third-order valence-electron chi connectivity index (χ3n) is 2.09. The molecular formula is C6H12F3NOSi. The van der Waals surface area contributed by atoms with Gasteiger partial charge in [-0.15, -0.1) is 0 Å². The predicted molar refractivity (Wildman–Crippen MR) is 41.6 cm³/mol. The Bertz CT molecular complexity index is 175. The second-order valence-corrected chi connectivity index (χ2v) is 5.56. The summed E-state index contributed by atoms with van der Waals surface area (Å²) in [6, 6.07) is 0.317. The van der Waals surface area contributed by atoms with Crippen LogP contribution in [0.5, 0.6) is 0 Å². The Labute approximate surface area is 71.4 Å². The molecule has 0 aromatic carbocycles. The molecule has 2 unspecified atom stereocenters. The van der Waals surface area contributed by atoms with Gasteiger partial charge < -0.3 is 9.74 Å². The number of nitrogens with one attached hydrogen (secondary N) is 1. The first kappa shape index (κ1) is 10.0. The topological polar surface area (TPSA) is 31.2 Å². The molecule has 1 aliphatic heterocycles. The van der Waals surface area contributed by atoms with E-state index in [0.29, 0.717) is 6.04 Å². The highest BCUT2D eigenvalue weighted by Gasteiger charge is 2.47. The first-order valence-corrected chi connectivity index (χ1v) is 5.04. The van der Waals surface area contributed by atoms with E-state index in [1.54, 1.807) is 0 Å². The van der Waals surface area contributed by atoms with Crippen molar-refractivity contribution < 1.29 is 17.6 Å². The summed E-state index contributed by atoms with van der Waals surface area (Å²) in [5.41, 5.74) is 0. The van der Waals surface area contributed by atoms with Crippen LogP contribution in [0.1, 0.15) is 13.8 Å². The van der Waals surface area contributed by atoms with Gasteiger partial charge in [-0.05, 0) is 13.8 Å². The largest absolute Gasteiger partial charge is 0.413 e. The van der Waals surface area contributed by atoms with E-state index in [1.807, 2.05) is 13.8 Å². The van der Waals surface area contributed by atoms with E-state index in [2.05, 4.69) is 9.74 Å². The van der Waals surface area contributed by atoms with Crippen LogP contribution in [0.25, 0.3) is 0 Å². The van der Waals surface area contributed by atoms with Crippen molar-refractivity contribution in [1.82, 2.24) is 5.32 Å². The number of rotatable bonds is 3. The second-order valence-electron chi connectivity index (χ2n) is 3.39. The highest BCUT2D eigenvalue weighted by Crippen LogP contribution is 2.24. The Kier molecular flexibility index (Phi) is 2.51. The van der Waals surface area contributed by atoms with Gasteiger partial charge in [0, 0.05) is 11.2 Å². The Hall–Kier alpha value is -0.0731. The number of hydrogen-bond donors (Lipinski definition) is 1. The van der Waals surface area contributed by atoms with E-state index in [1.165, 1.54) is 0 Å². The third-order valence-corrected chi connectivity index (χ3v) is 3.91. The lowest BCUT2D eigenvalue weighted by molar-refractivity contribution is -0.153. The molecule has 1 aliphatic rings. The Morgan fingerprint density at radius 1 is 1.58 bits per heavy atom. The molecule has 0 aromatic heterocycles. The van der Waals surface area contributed by atoms with Crippen LogP contribution in [0, 0.1) is 0 Å². The first-order chi connectivity index (χ1) is 5.33. The molecule has 1 fully saturated rings. The van der Waals surface area contributed by atoms with Gasteiger partial charge in [0.25, 0.3) is 0 Å². The minimum absolute atomic E-state index is 0.106. The lowest BCUT2D eigenvalue weighted by atomic mass is 10.4. The van der Waals surface area contributed by atoms with Crippen molar-refractivity contribution in [3.05, 3.63) is 0 Å². The van der Waals surface area contributed by atoms with Gasteiger partial charge in [-0.2, -0.15) is 13.2 Å². The standard InChI is InChI=1S/C6H12F3NOSi/c1-4-5(2,10-4)12-11-3-6(7,8)9/h4,10H,3,12H2,1-2H3. The Morgan fingerprint density at radius 3 is 2.42 bits per heavy atom. The van der Waals surface area contributed by atoms with Gasteiger partial charge in [-0.1, -0.05) is 0 Å². The minimum Gasteiger partial charge on any atom is -0.413 e. The Morgan fingerprint density at radius 2 is 2.08 bits per heavy atom. The maximum Gasteiger partial charge on any atom is 0.410 e. The monoisotopic (exact) mass is 199 g/mol. The summed E-state index contributed by atoms with van der Waals surface area (Å²) in [5.74, 6) is 0. The molecule has 0 bridgehead atoms. The van der Waals surface area contributed by atoms with E-state index in [4.69, 9.17) is 0 Å². The van der Waals surface area contributed by atoms with Gasteiger partial charge in [0.15, 0.2) is 9.76 Å². The van der Waals surface area contributed by atoms with Crippen LogP contribution < -0.4 is 5.32 Å². The minimum atomic E-state index is -4.18. The van der Waals surface area contributed by atoms with Crippen molar-refractivity contribution in [2.24, 2.45) is 0 Å². The van der Waals surface area contributed by atoms with Crippen molar-refractivity contribution in [3.8, 4) is 0 Å². The maximum atomic E-state index is 11.6. The zero-order chi connectivity index (χ0) is 9.41. The van der Waals surface area contributed by atoms with Crippen molar-refractivity contribution in [1.29, 1.82) is 0 Å². The van der Waals surface area contributed by atoms with Gasteiger partial charge >= 0.3 is 6.18 Å². The molecule has 12 heavy (non-hydrogen) atoms. The molecule has 2 nitrogen and oxygen atoms in total. The van der Waals surface area contributed by atoms with Crippen LogP contribution in [0.2, 0.25) is 0 Å². The molecule has 6 heteroatoms. The molecule has 1 rings (SSSR count). The van der Waals surface area contributed by atoms with Crippen molar-refractivity contribution in [2.75, 3.05) is 6.61 Å². The van der Waals surface area contributed by atoms with Crippen molar-refractivity contribution in [3.63, 3.8) is 0 Å². The van der Waals surface area contributed by atoms with Gasteiger partial charge in [0.1, 0.15) is 6.61 Å². The summed E-state index contributed by atoms with van der Waals surface area (Å²) in [4.78, 5) is 0. The molecule has 1 heterocycles. The summed E-state index contributed by atoms with van der Waals surface area (Å²) >= 11 is 0. The molecule has 0 aromatic rings. The van der Waals surface area contributed by atoms with Crippen LogP contribution in [0.3, 0.4) is 0 Å². The van der Waals surface area contributed by atoms with E-state index in [-0.39, 0.29) is 5.16 Å². The van der Waals surface area contributed by atoms with E-state index >= 15 is 0 Å². The molecule has 2 atom stereocenters. The lowest BCUT2D eigenvalue weighted by Gasteiger charge is -2.10. The third kappa shape index (κ3) is 2.76. The molecular weight excluding hydrogens is 187 g/mol. The van der Waals surface area contributed by atoms with Crippen LogP contribution in [0.4, 0.5) is 13.2 Å². The summed E-state index contributed by atoms with van der Waals surface area (Å²) < 4.78 is 39.5. The van der Waals surface area contributed by atoms with E-state index in [9.17, 15) is 13.2 Å². The number of alkyl halides is 3. The average molecular weight is 199 g/mol. The van der Waals surface area contributed by atoms with Crippen LogP contribution in [-0.2, 0) is 4.43 Å². The van der Waals surface area contributed by atoms with Gasteiger partial charge in [0.2, 0.25) is 0 Å². The van der Waals surface area contributed by atoms with Gasteiger partial charge in [-0.25, -0.2) is 0 Å². The van der Waals surface area contributed by atoms with Crippen molar-refractivity contribution >= 4 is 9.76 Å². The smallest absolute Gasteiger partial charge is 0.410 e. The first-order valence-electron chi connectivity index (χ1n) is 3.76. The number of halogens is 3. The highest BCUT2D eigenvalue weighted by atomic mass is 28.2. The lowest BCUT2D eigenvalue weighted by Crippen LogP contribution is -2.28. The zero-order valence-electron chi connectivity index (χ0n) is 7.03. The summed E-state index contributed by atoms with van der Waals surface area (Å²) in [6.45, 7) is 2.76. The molecule has 0 saturated carbocycles. The summed E-state index contributed by atoms with van der Waals surface area (Å²) in [5, 5.41) is 2.96. The fourth-order valence-corrected chi connectivity index (χ4v) is 2.40. The van der Waals surface area contributed by atoms with Crippen molar-refractivity contribution in [2.45, 2.75) is 31.2 Å². The predicted octanol–water partition coefficient (Wildman–Crippen LogP) is 0.357. The summed E-state index contributed by atoms with van der Waals surface area (Å²) in [6.07, 6.45) is -4.18. The molecule has 1 N–H and O–H groups in total. The van der Waals surface area contributed by atoms with Crippen LogP contribution in [-0.4, -0.2) is 33.8 Å². The molecule has 1 saturated heterocycles. The van der Waals surface area contributed by atoms with Gasteiger partial charge in [-0.3, -0.25) is 0 Å². The fourth-order valence-electron chi connectivity index (χ4n) is 0.998. The maximum absolute atomic E-state index is 11.6. The molecule has 0 amide bonds. The fraction of sp³-hybridized carbons (Fsp3) is 1.00. The van der Waals surface area contributed by atoms with E-state index in [0.717, 1.165) is 0 Å². The van der Waals surface area contributed by atoms with E-state index < -0.39 is 22.5 Å². The molecule has 0 radical (unpaired) electrons. The Balaban J connectivity index is 2.12. The molecule has 0 spiro atoms. The average Bonchev–Trinajstić information content (AvgIpc) is 2.36. The normalized spacial score (nSPS) is 36.2. The SMILES string of the molecule is CC1NC1(C)[SiH2]OCC(F)(F)F. The van der Waals surface area contributed by atoms with Crippen LogP contribution in [0.15, 0.2) is 0 Å². The quantitative estimate of drug-likeness (QED) is 0.525. The molecule has 0 aliphatic carbocycles. The zero-order valence-corrected chi connectivity index (χ0v) is 8.45. The molecule has 72 valence electrons. The van der Waals surface area contributed by atoms with Gasteiger partial charge in [0.05, 0.1) is 0 Å². The number of hydrogen-bond acceptors (Lipinski definition) is 2. The highest BCUT2D eigenvalue weighted by molar-refractivity contribution is 6.34. The summed E-state index contributed by atoms with van der Waals surface area (Å²) in [7, 11) is -1.10. The second kappa shape index (κ2) is 3.01.